The van der Waals surface area contributed by atoms with Gasteiger partial charge in [-0.15, -0.1) is 0 Å². The van der Waals surface area contributed by atoms with E-state index in [1.165, 1.54) is 12.1 Å². The predicted octanol–water partition coefficient (Wildman–Crippen LogP) is 5.73. The first kappa shape index (κ1) is 19.2. The lowest BCUT2D eigenvalue weighted by Crippen LogP contribution is -2.25. The molecular weight excluding hydrogens is 381 g/mol. The Morgan fingerprint density at radius 1 is 0.931 bits per heavy atom. The SMILES string of the molecule is COc1ccc2c(c1)OCC(c1ccc(C(F)(F)F)cc1)C2c1ccc(O)cc1. The van der Waals surface area contributed by atoms with Gasteiger partial charge in [0.1, 0.15) is 17.2 Å². The maximum absolute atomic E-state index is 12.9. The highest BCUT2D eigenvalue weighted by Gasteiger charge is 2.35. The van der Waals surface area contributed by atoms with Crippen LogP contribution in [0.4, 0.5) is 13.2 Å². The van der Waals surface area contributed by atoms with Gasteiger partial charge >= 0.3 is 6.18 Å². The first-order chi connectivity index (χ1) is 13.9. The molecule has 29 heavy (non-hydrogen) atoms. The maximum atomic E-state index is 12.9. The van der Waals surface area contributed by atoms with Gasteiger partial charge in [-0.05, 0) is 41.5 Å². The van der Waals surface area contributed by atoms with Crippen LogP contribution in [0.25, 0.3) is 0 Å². The van der Waals surface area contributed by atoms with Crippen LogP contribution in [0.5, 0.6) is 17.2 Å². The van der Waals surface area contributed by atoms with Crippen molar-refractivity contribution in [1.29, 1.82) is 0 Å². The molecular formula is C23H19F3O3. The average molecular weight is 400 g/mol. The zero-order valence-corrected chi connectivity index (χ0v) is 15.6. The van der Waals surface area contributed by atoms with E-state index < -0.39 is 11.7 Å². The van der Waals surface area contributed by atoms with Crippen LogP contribution in [0.3, 0.4) is 0 Å². The van der Waals surface area contributed by atoms with Crippen molar-refractivity contribution in [2.24, 2.45) is 0 Å². The molecule has 0 aliphatic carbocycles. The van der Waals surface area contributed by atoms with E-state index in [4.69, 9.17) is 9.47 Å². The van der Waals surface area contributed by atoms with E-state index >= 15 is 0 Å². The number of ether oxygens (including phenoxy) is 2. The molecule has 1 aliphatic heterocycles. The van der Waals surface area contributed by atoms with Crippen molar-refractivity contribution in [2.45, 2.75) is 18.0 Å². The molecule has 0 fully saturated rings. The summed E-state index contributed by atoms with van der Waals surface area (Å²) in [4.78, 5) is 0. The highest BCUT2D eigenvalue weighted by molar-refractivity contribution is 5.51. The fourth-order valence-electron chi connectivity index (χ4n) is 3.82. The Labute approximate surface area is 166 Å². The maximum Gasteiger partial charge on any atom is 0.416 e. The molecule has 0 bridgehead atoms. The van der Waals surface area contributed by atoms with E-state index in [9.17, 15) is 18.3 Å². The molecule has 0 spiro atoms. The van der Waals surface area contributed by atoms with Gasteiger partial charge in [-0.3, -0.25) is 0 Å². The van der Waals surface area contributed by atoms with Gasteiger partial charge in [-0.2, -0.15) is 13.2 Å². The number of aromatic hydroxyl groups is 1. The van der Waals surface area contributed by atoms with Gasteiger partial charge in [0.25, 0.3) is 0 Å². The molecule has 4 rings (SSSR count). The van der Waals surface area contributed by atoms with Crippen molar-refractivity contribution in [2.75, 3.05) is 13.7 Å². The van der Waals surface area contributed by atoms with Gasteiger partial charge < -0.3 is 14.6 Å². The molecule has 1 heterocycles. The Bertz CT molecular complexity index is 995. The fourth-order valence-corrected chi connectivity index (χ4v) is 3.82. The Balaban J connectivity index is 1.79. The third-order valence-corrected chi connectivity index (χ3v) is 5.29. The quantitative estimate of drug-likeness (QED) is 0.610. The smallest absolute Gasteiger partial charge is 0.416 e. The average Bonchev–Trinajstić information content (AvgIpc) is 2.72. The lowest BCUT2D eigenvalue weighted by Gasteiger charge is -2.34. The van der Waals surface area contributed by atoms with Gasteiger partial charge in [0.05, 0.1) is 19.3 Å². The lowest BCUT2D eigenvalue weighted by molar-refractivity contribution is -0.137. The van der Waals surface area contributed by atoms with Crippen molar-refractivity contribution in [3.63, 3.8) is 0 Å². The van der Waals surface area contributed by atoms with Gasteiger partial charge in [-0.25, -0.2) is 0 Å². The third-order valence-electron chi connectivity index (χ3n) is 5.29. The molecule has 0 radical (unpaired) electrons. The first-order valence-corrected chi connectivity index (χ1v) is 9.13. The van der Waals surface area contributed by atoms with Crippen LogP contribution in [-0.2, 0) is 6.18 Å². The Hall–Kier alpha value is -3.15. The zero-order chi connectivity index (χ0) is 20.6. The van der Waals surface area contributed by atoms with E-state index in [1.54, 1.807) is 19.2 Å². The number of fused-ring (bicyclic) bond motifs is 1. The lowest BCUT2D eigenvalue weighted by atomic mass is 9.75. The van der Waals surface area contributed by atoms with Gasteiger partial charge in [0, 0.05) is 23.5 Å². The Morgan fingerprint density at radius 3 is 2.21 bits per heavy atom. The van der Waals surface area contributed by atoms with E-state index in [0.717, 1.165) is 28.8 Å². The molecule has 2 atom stereocenters. The highest BCUT2D eigenvalue weighted by atomic mass is 19.4. The number of methoxy groups -OCH3 is 1. The van der Waals surface area contributed by atoms with E-state index in [-0.39, 0.29) is 17.6 Å². The number of phenols is 1. The zero-order valence-electron chi connectivity index (χ0n) is 15.6. The second-order valence-corrected chi connectivity index (χ2v) is 7.01. The molecule has 1 N–H and O–H groups in total. The highest BCUT2D eigenvalue weighted by Crippen LogP contribution is 2.47. The monoisotopic (exact) mass is 400 g/mol. The molecule has 0 saturated heterocycles. The second kappa shape index (κ2) is 7.35. The summed E-state index contributed by atoms with van der Waals surface area (Å²) < 4.78 is 50.1. The number of hydrogen-bond acceptors (Lipinski definition) is 3. The molecule has 6 heteroatoms. The normalized spacial score (nSPS) is 18.6. The Morgan fingerprint density at radius 2 is 1.59 bits per heavy atom. The molecule has 3 nitrogen and oxygen atoms in total. The standard InChI is InChI=1S/C23H19F3O3/c1-28-18-10-11-19-21(12-18)29-13-20(22(19)15-4-8-17(27)9-5-15)14-2-6-16(7-3-14)23(24,25)26/h2-12,20,22,27H,13H2,1H3. The molecule has 0 amide bonds. The molecule has 0 saturated carbocycles. The van der Waals surface area contributed by atoms with Crippen LogP contribution in [0.1, 0.15) is 34.1 Å². The van der Waals surface area contributed by atoms with E-state index in [0.29, 0.717) is 18.1 Å². The second-order valence-electron chi connectivity index (χ2n) is 7.01. The van der Waals surface area contributed by atoms with Crippen molar-refractivity contribution >= 4 is 0 Å². The first-order valence-electron chi connectivity index (χ1n) is 9.13. The summed E-state index contributed by atoms with van der Waals surface area (Å²) in [5.74, 6) is 1.19. The number of benzene rings is 3. The summed E-state index contributed by atoms with van der Waals surface area (Å²) in [6.07, 6.45) is -4.37. The number of halogens is 3. The summed E-state index contributed by atoms with van der Waals surface area (Å²) in [6, 6.07) is 17.7. The summed E-state index contributed by atoms with van der Waals surface area (Å²) >= 11 is 0. The molecule has 3 aromatic carbocycles. The molecule has 1 aliphatic rings. The minimum atomic E-state index is -4.37. The summed E-state index contributed by atoms with van der Waals surface area (Å²) in [5, 5.41) is 9.66. The summed E-state index contributed by atoms with van der Waals surface area (Å²) in [5.41, 5.74) is 1.96. The van der Waals surface area contributed by atoms with Crippen molar-refractivity contribution in [3.05, 3.63) is 89.0 Å². The fraction of sp³-hybridized carbons (Fsp3) is 0.217. The van der Waals surface area contributed by atoms with Crippen LogP contribution in [0.15, 0.2) is 66.7 Å². The van der Waals surface area contributed by atoms with Crippen molar-refractivity contribution in [3.8, 4) is 17.2 Å². The number of rotatable bonds is 3. The van der Waals surface area contributed by atoms with E-state index in [2.05, 4.69) is 0 Å². The van der Waals surface area contributed by atoms with Crippen LogP contribution in [-0.4, -0.2) is 18.8 Å². The van der Waals surface area contributed by atoms with Crippen molar-refractivity contribution < 1.29 is 27.8 Å². The topological polar surface area (TPSA) is 38.7 Å². The summed E-state index contributed by atoms with van der Waals surface area (Å²) in [7, 11) is 1.58. The molecule has 3 aromatic rings. The van der Waals surface area contributed by atoms with E-state index in [1.807, 2.05) is 30.3 Å². The van der Waals surface area contributed by atoms with Gasteiger partial charge in [0.2, 0.25) is 0 Å². The predicted molar refractivity (Wildman–Crippen MR) is 103 cm³/mol. The summed E-state index contributed by atoms with van der Waals surface area (Å²) in [6.45, 7) is 0.317. The molecule has 2 unspecified atom stereocenters. The number of alkyl halides is 3. The minimum absolute atomic E-state index is 0.137. The van der Waals surface area contributed by atoms with Crippen LogP contribution in [0, 0.1) is 0 Å². The number of hydrogen-bond donors (Lipinski definition) is 1. The van der Waals surface area contributed by atoms with Crippen LogP contribution < -0.4 is 9.47 Å². The van der Waals surface area contributed by atoms with Crippen LogP contribution >= 0.6 is 0 Å². The molecule has 0 aromatic heterocycles. The number of phenolic OH excluding ortho intramolecular Hbond substituents is 1. The Kier molecular flexibility index (Phi) is 4.86. The van der Waals surface area contributed by atoms with Gasteiger partial charge in [0.15, 0.2) is 0 Å². The van der Waals surface area contributed by atoms with Crippen LogP contribution in [0.2, 0.25) is 0 Å². The minimum Gasteiger partial charge on any atom is -0.508 e. The molecule has 150 valence electrons. The third kappa shape index (κ3) is 3.75. The van der Waals surface area contributed by atoms with Crippen molar-refractivity contribution in [1.82, 2.24) is 0 Å². The van der Waals surface area contributed by atoms with Gasteiger partial charge in [-0.1, -0.05) is 30.3 Å². The largest absolute Gasteiger partial charge is 0.508 e.